The third-order valence-corrected chi connectivity index (χ3v) is 3.90. The van der Waals surface area contributed by atoms with Gasteiger partial charge in [0.25, 0.3) is 0 Å². The number of hydrogen-bond acceptors (Lipinski definition) is 3. The molecule has 1 N–H and O–H groups in total. The highest BCUT2D eigenvalue weighted by Gasteiger charge is 2.32. The number of aromatic nitrogens is 1. The van der Waals surface area contributed by atoms with E-state index in [9.17, 15) is 17.7 Å². The van der Waals surface area contributed by atoms with Crippen molar-refractivity contribution in [2.24, 2.45) is 0 Å². The zero-order chi connectivity index (χ0) is 14.7. The topological polar surface area (TPSA) is 48.0 Å². The van der Waals surface area contributed by atoms with E-state index in [1.807, 2.05) is 20.8 Å². The van der Waals surface area contributed by atoms with Crippen molar-refractivity contribution >= 4 is 11.4 Å². The summed E-state index contributed by atoms with van der Waals surface area (Å²) < 4.78 is 51.0. The number of hydrogen-bond donors (Lipinski definition) is 1. The van der Waals surface area contributed by atoms with Gasteiger partial charge in [0.05, 0.1) is 0 Å². The molecule has 0 unspecified atom stereocenters. The summed E-state index contributed by atoms with van der Waals surface area (Å²) in [6.07, 6.45) is -2.73. The molecule has 1 aromatic rings. The number of rotatable bonds is 4. The highest BCUT2D eigenvalue weighted by Crippen LogP contribution is 2.27. The first-order valence-electron chi connectivity index (χ1n) is 5.78. The number of nitrogens with one attached hydrogen (secondary N) is 1. The summed E-state index contributed by atoms with van der Waals surface area (Å²) in [5.74, 6) is 0. The van der Waals surface area contributed by atoms with Gasteiger partial charge < -0.3 is 4.55 Å². The van der Waals surface area contributed by atoms with Gasteiger partial charge in [-0.05, 0) is 38.8 Å². The lowest BCUT2D eigenvalue weighted by Crippen LogP contribution is -2.40. The van der Waals surface area contributed by atoms with Gasteiger partial charge in [-0.1, -0.05) is 6.07 Å². The lowest BCUT2D eigenvalue weighted by atomic mass is 10.2. The monoisotopic (exact) mass is 294 g/mol. The van der Waals surface area contributed by atoms with Crippen LogP contribution in [0.15, 0.2) is 18.3 Å². The van der Waals surface area contributed by atoms with Crippen LogP contribution in [0.5, 0.6) is 0 Å². The molecule has 1 heterocycles. The fourth-order valence-corrected chi connectivity index (χ4v) is 1.97. The number of pyridine rings is 1. The largest absolute Gasteiger partial charge is 0.598 e. The average molecular weight is 294 g/mol. The third kappa shape index (κ3) is 5.38. The molecule has 0 fully saturated rings. The summed E-state index contributed by atoms with van der Waals surface area (Å²) >= 11 is -1.18. The van der Waals surface area contributed by atoms with Crippen LogP contribution < -0.4 is 4.72 Å². The summed E-state index contributed by atoms with van der Waals surface area (Å²) in [5.41, 5.74) is -0.228. The highest BCUT2D eigenvalue weighted by molar-refractivity contribution is 7.90. The van der Waals surface area contributed by atoms with Crippen LogP contribution in [0, 0.1) is 0 Å². The molecular formula is C12H17F3N2OS. The molecular weight excluding hydrogens is 277 g/mol. The van der Waals surface area contributed by atoms with Crippen LogP contribution in [0.4, 0.5) is 13.2 Å². The molecule has 0 saturated carbocycles. The van der Waals surface area contributed by atoms with Crippen LogP contribution in [-0.4, -0.2) is 20.8 Å². The van der Waals surface area contributed by atoms with Crippen molar-refractivity contribution in [3.63, 3.8) is 0 Å². The fraction of sp³-hybridized carbons (Fsp3) is 0.583. The Hall–Kier alpha value is -0.790. The second kappa shape index (κ2) is 6.11. The minimum Gasteiger partial charge on any atom is -0.598 e. The zero-order valence-electron chi connectivity index (χ0n) is 11.0. The summed E-state index contributed by atoms with van der Waals surface area (Å²) in [4.78, 5) is 3.37. The maximum absolute atomic E-state index is 12.3. The number of halogens is 3. The minimum atomic E-state index is -4.41. The molecule has 0 spiro atoms. The van der Waals surface area contributed by atoms with E-state index in [-0.39, 0.29) is 4.75 Å². The van der Waals surface area contributed by atoms with Gasteiger partial charge in [-0.2, -0.15) is 13.2 Å². The lowest BCUT2D eigenvalue weighted by molar-refractivity contribution is -0.141. The molecule has 0 aliphatic carbocycles. The summed E-state index contributed by atoms with van der Waals surface area (Å²) in [6, 6.07) is 2.34. The van der Waals surface area contributed by atoms with Gasteiger partial charge in [0.2, 0.25) is 0 Å². The van der Waals surface area contributed by atoms with Gasteiger partial charge in [0.1, 0.15) is 10.4 Å². The van der Waals surface area contributed by atoms with Crippen LogP contribution >= 0.6 is 0 Å². The van der Waals surface area contributed by atoms with Crippen molar-refractivity contribution in [2.45, 2.75) is 38.1 Å². The Morgan fingerprint density at radius 3 is 2.32 bits per heavy atom. The van der Waals surface area contributed by atoms with Crippen LogP contribution in [0.25, 0.3) is 0 Å². The van der Waals surface area contributed by atoms with Crippen LogP contribution in [0.1, 0.15) is 32.0 Å². The Labute approximate surface area is 113 Å². The molecule has 0 radical (unpaired) electrons. The first kappa shape index (κ1) is 16.3. The SMILES string of the molecule is CC(C)(C)[S@@+]([O-])NCCc1ccc(C(F)(F)F)nc1. The number of alkyl halides is 3. The van der Waals surface area contributed by atoms with Crippen LogP contribution in [-0.2, 0) is 24.0 Å². The van der Waals surface area contributed by atoms with Crippen molar-refractivity contribution in [3.8, 4) is 0 Å². The van der Waals surface area contributed by atoms with Crippen molar-refractivity contribution in [1.82, 2.24) is 9.71 Å². The van der Waals surface area contributed by atoms with E-state index in [1.54, 1.807) is 0 Å². The smallest absolute Gasteiger partial charge is 0.433 e. The Bertz CT molecular complexity index is 401. The van der Waals surface area contributed by atoms with Gasteiger partial charge >= 0.3 is 6.18 Å². The molecule has 108 valence electrons. The summed E-state index contributed by atoms with van der Waals surface area (Å²) in [5, 5.41) is 0. The van der Waals surface area contributed by atoms with Gasteiger partial charge in [0, 0.05) is 24.1 Å². The maximum atomic E-state index is 12.3. The molecule has 1 aromatic heterocycles. The van der Waals surface area contributed by atoms with Gasteiger partial charge in [0.15, 0.2) is 0 Å². The fourth-order valence-electron chi connectivity index (χ4n) is 1.24. The predicted molar refractivity (Wildman–Crippen MR) is 68.8 cm³/mol. The molecule has 1 atom stereocenters. The Morgan fingerprint density at radius 1 is 1.26 bits per heavy atom. The van der Waals surface area contributed by atoms with Gasteiger partial charge in [-0.15, -0.1) is 4.72 Å². The molecule has 0 amide bonds. The number of nitrogens with zero attached hydrogens (tertiary/aromatic N) is 1. The van der Waals surface area contributed by atoms with Crippen LogP contribution in [0.3, 0.4) is 0 Å². The van der Waals surface area contributed by atoms with E-state index in [1.165, 1.54) is 12.3 Å². The Morgan fingerprint density at radius 2 is 1.89 bits per heavy atom. The maximum Gasteiger partial charge on any atom is 0.433 e. The van der Waals surface area contributed by atoms with E-state index in [4.69, 9.17) is 0 Å². The summed E-state index contributed by atoms with van der Waals surface area (Å²) in [6.45, 7) is 5.96. The molecule has 0 saturated heterocycles. The minimum absolute atomic E-state index is 0.363. The Balaban J connectivity index is 2.47. The second-order valence-corrected chi connectivity index (χ2v) is 7.13. The van der Waals surface area contributed by atoms with Gasteiger partial charge in [-0.25, -0.2) is 0 Å². The van der Waals surface area contributed by atoms with Crippen molar-refractivity contribution < 1.29 is 17.7 Å². The lowest BCUT2D eigenvalue weighted by Gasteiger charge is -2.23. The van der Waals surface area contributed by atoms with E-state index in [0.717, 1.165) is 6.07 Å². The van der Waals surface area contributed by atoms with E-state index < -0.39 is 23.2 Å². The first-order chi connectivity index (χ1) is 8.60. The van der Waals surface area contributed by atoms with Gasteiger partial charge in [-0.3, -0.25) is 4.98 Å². The first-order valence-corrected chi connectivity index (χ1v) is 6.93. The molecule has 3 nitrogen and oxygen atoms in total. The van der Waals surface area contributed by atoms with E-state index in [0.29, 0.717) is 18.5 Å². The second-order valence-electron chi connectivity index (χ2n) is 5.07. The normalized spacial score (nSPS) is 14.5. The van der Waals surface area contributed by atoms with E-state index >= 15 is 0 Å². The third-order valence-electron chi connectivity index (χ3n) is 2.32. The van der Waals surface area contributed by atoms with Crippen LogP contribution in [0.2, 0.25) is 0 Å². The predicted octanol–water partition coefficient (Wildman–Crippen LogP) is 2.69. The molecule has 0 bridgehead atoms. The quantitative estimate of drug-likeness (QED) is 0.869. The molecule has 0 aliphatic rings. The molecule has 19 heavy (non-hydrogen) atoms. The highest BCUT2D eigenvalue weighted by atomic mass is 32.2. The van der Waals surface area contributed by atoms with Crippen molar-refractivity contribution in [2.75, 3.05) is 6.54 Å². The molecule has 1 rings (SSSR count). The van der Waals surface area contributed by atoms with Crippen molar-refractivity contribution in [3.05, 3.63) is 29.6 Å². The summed E-state index contributed by atoms with van der Waals surface area (Å²) in [7, 11) is 0. The molecule has 7 heteroatoms. The Kier molecular flexibility index (Phi) is 5.23. The zero-order valence-corrected chi connectivity index (χ0v) is 11.9. The van der Waals surface area contributed by atoms with E-state index in [2.05, 4.69) is 9.71 Å². The molecule has 0 aromatic carbocycles. The van der Waals surface area contributed by atoms with Crippen molar-refractivity contribution in [1.29, 1.82) is 0 Å². The standard InChI is InChI=1S/C12H17F3N2OS/c1-11(2,3)19(18)17-7-6-9-4-5-10(16-8-9)12(13,14)15/h4-5,8,17H,6-7H2,1-3H3/t19-/m1/s1. The molecule has 0 aliphatic heterocycles. The average Bonchev–Trinajstić information content (AvgIpc) is 2.27.